The fourth-order valence-electron chi connectivity index (χ4n) is 1.59. The largest absolute Gasteiger partial charge is 0.467 e. The number of carbonyl (C=O) groups excluding carboxylic acids is 1. The van der Waals surface area contributed by atoms with E-state index < -0.39 is 0 Å². The van der Waals surface area contributed by atoms with Gasteiger partial charge in [0.2, 0.25) is 0 Å². The van der Waals surface area contributed by atoms with Gasteiger partial charge < -0.3 is 4.74 Å². The van der Waals surface area contributed by atoms with Gasteiger partial charge in [-0.15, -0.1) is 11.8 Å². The van der Waals surface area contributed by atoms with E-state index in [2.05, 4.69) is 4.99 Å². The van der Waals surface area contributed by atoms with Gasteiger partial charge in [0, 0.05) is 10.8 Å². The number of methoxy groups -OCH3 is 1. The van der Waals surface area contributed by atoms with Crippen molar-refractivity contribution in [2.45, 2.75) is 18.2 Å². The molecule has 0 bridgehead atoms. The van der Waals surface area contributed by atoms with Crippen LogP contribution in [0.4, 0.5) is 0 Å². The van der Waals surface area contributed by atoms with Crippen molar-refractivity contribution in [3.05, 3.63) is 35.9 Å². The Morgan fingerprint density at radius 3 is 2.69 bits per heavy atom. The molecule has 2 unspecified atom stereocenters. The van der Waals surface area contributed by atoms with Crippen molar-refractivity contribution in [1.82, 2.24) is 0 Å². The van der Waals surface area contributed by atoms with Crippen LogP contribution >= 0.6 is 11.8 Å². The van der Waals surface area contributed by atoms with Crippen molar-refractivity contribution < 1.29 is 9.53 Å². The van der Waals surface area contributed by atoms with Crippen LogP contribution < -0.4 is 0 Å². The van der Waals surface area contributed by atoms with Gasteiger partial charge in [-0.05, 0) is 0 Å². The van der Waals surface area contributed by atoms with Crippen molar-refractivity contribution in [2.75, 3.05) is 7.11 Å². The first-order valence-corrected chi connectivity index (χ1v) is 5.98. The molecule has 1 aliphatic heterocycles. The highest BCUT2D eigenvalue weighted by atomic mass is 32.2. The normalized spacial score (nSPS) is 24.0. The SMILES string of the molecule is COC(=O)C1N=C(c2ccccc2)SC1C. The van der Waals surface area contributed by atoms with Gasteiger partial charge in [0.1, 0.15) is 0 Å². The first-order valence-electron chi connectivity index (χ1n) is 5.10. The first kappa shape index (κ1) is 11.2. The third-order valence-electron chi connectivity index (χ3n) is 2.46. The number of rotatable bonds is 2. The molecule has 2 atom stereocenters. The molecule has 1 aromatic carbocycles. The topological polar surface area (TPSA) is 38.7 Å². The number of aliphatic imine (C=N–C) groups is 1. The summed E-state index contributed by atoms with van der Waals surface area (Å²) >= 11 is 1.62. The van der Waals surface area contributed by atoms with Crippen LogP contribution in [0, 0.1) is 0 Å². The van der Waals surface area contributed by atoms with Crippen molar-refractivity contribution in [3.8, 4) is 0 Å². The average Bonchev–Trinajstić information content (AvgIpc) is 2.71. The molecule has 4 heteroatoms. The van der Waals surface area contributed by atoms with Gasteiger partial charge in [-0.2, -0.15) is 0 Å². The van der Waals surface area contributed by atoms with Gasteiger partial charge in [0.05, 0.1) is 12.2 Å². The molecule has 0 aromatic heterocycles. The molecule has 0 radical (unpaired) electrons. The van der Waals surface area contributed by atoms with E-state index in [1.54, 1.807) is 11.8 Å². The lowest BCUT2D eigenvalue weighted by Gasteiger charge is -2.08. The summed E-state index contributed by atoms with van der Waals surface area (Å²) in [4.78, 5) is 15.9. The van der Waals surface area contributed by atoms with Crippen molar-refractivity contribution in [3.63, 3.8) is 0 Å². The summed E-state index contributed by atoms with van der Waals surface area (Å²) < 4.78 is 4.73. The Balaban J connectivity index is 2.23. The zero-order valence-corrected chi connectivity index (χ0v) is 10.0. The van der Waals surface area contributed by atoms with Gasteiger partial charge in [-0.25, -0.2) is 4.79 Å². The van der Waals surface area contributed by atoms with Gasteiger partial charge >= 0.3 is 5.97 Å². The highest BCUT2D eigenvalue weighted by Gasteiger charge is 2.33. The molecule has 16 heavy (non-hydrogen) atoms. The Bertz CT molecular complexity index is 416. The molecular formula is C12H13NO2S. The minimum absolute atomic E-state index is 0.141. The zero-order chi connectivity index (χ0) is 11.5. The van der Waals surface area contributed by atoms with E-state index in [0.717, 1.165) is 10.6 Å². The molecule has 0 fully saturated rings. The molecule has 1 aliphatic rings. The monoisotopic (exact) mass is 235 g/mol. The fraction of sp³-hybridized carbons (Fsp3) is 0.333. The number of hydrogen-bond acceptors (Lipinski definition) is 4. The summed E-state index contributed by atoms with van der Waals surface area (Å²) in [6.07, 6.45) is 0. The van der Waals surface area contributed by atoms with Crippen LogP contribution in [0.15, 0.2) is 35.3 Å². The molecule has 3 nitrogen and oxygen atoms in total. The van der Waals surface area contributed by atoms with Crippen LogP contribution in [-0.2, 0) is 9.53 Å². The third kappa shape index (κ3) is 2.11. The second kappa shape index (κ2) is 4.70. The molecule has 1 heterocycles. The lowest BCUT2D eigenvalue weighted by molar-refractivity contribution is -0.141. The van der Waals surface area contributed by atoms with E-state index in [1.807, 2.05) is 37.3 Å². The Kier molecular flexibility index (Phi) is 3.29. The minimum Gasteiger partial charge on any atom is -0.467 e. The molecule has 0 aliphatic carbocycles. The standard InChI is InChI=1S/C12H13NO2S/c1-8-10(12(14)15-2)13-11(16-8)9-6-4-3-5-7-9/h3-8,10H,1-2H3. The van der Waals surface area contributed by atoms with Crippen LogP contribution in [0.1, 0.15) is 12.5 Å². The minimum atomic E-state index is -0.370. The molecule has 84 valence electrons. The molecule has 1 aromatic rings. The Morgan fingerprint density at radius 1 is 1.38 bits per heavy atom. The summed E-state index contributed by atoms with van der Waals surface area (Å²) in [6, 6.07) is 9.52. The lowest BCUT2D eigenvalue weighted by atomic mass is 10.2. The van der Waals surface area contributed by atoms with E-state index in [-0.39, 0.29) is 17.3 Å². The molecule has 2 rings (SSSR count). The predicted octanol–water partition coefficient (Wildman–Crippen LogP) is 2.11. The fourth-order valence-corrected chi connectivity index (χ4v) is 2.69. The summed E-state index contributed by atoms with van der Waals surface area (Å²) in [5.41, 5.74) is 1.06. The molecule has 0 saturated heterocycles. The van der Waals surface area contributed by atoms with E-state index >= 15 is 0 Å². The summed E-state index contributed by atoms with van der Waals surface area (Å²) in [5, 5.41) is 1.06. The maximum Gasteiger partial charge on any atom is 0.331 e. The van der Waals surface area contributed by atoms with Crippen LogP contribution in [0.3, 0.4) is 0 Å². The quantitative estimate of drug-likeness (QED) is 0.737. The predicted molar refractivity (Wildman–Crippen MR) is 65.8 cm³/mol. The molecule has 0 N–H and O–H groups in total. The second-order valence-corrected chi connectivity index (χ2v) is 4.96. The highest BCUT2D eigenvalue weighted by Crippen LogP contribution is 2.30. The number of esters is 1. The molecule has 0 saturated carbocycles. The number of carbonyl (C=O) groups is 1. The van der Waals surface area contributed by atoms with Crippen LogP contribution in [0.25, 0.3) is 0 Å². The van der Waals surface area contributed by atoms with Crippen LogP contribution in [-0.4, -0.2) is 29.4 Å². The molecular weight excluding hydrogens is 222 g/mol. The lowest BCUT2D eigenvalue weighted by Crippen LogP contribution is -2.26. The number of nitrogens with zero attached hydrogens (tertiary/aromatic N) is 1. The Labute approximate surface area is 98.9 Å². The Hall–Kier alpha value is -1.29. The van der Waals surface area contributed by atoms with Gasteiger partial charge in [0.25, 0.3) is 0 Å². The van der Waals surface area contributed by atoms with Gasteiger partial charge in [0.15, 0.2) is 6.04 Å². The van der Waals surface area contributed by atoms with E-state index in [1.165, 1.54) is 7.11 Å². The number of ether oxygens (including phenoxy) is 1. The van der Waals surface area contributed by atoms with Crippen LogP contribution in [0.5, 0.6) is 0 Å². The summed E-state index contributed by atoms with van der Waals surface area (Å²) in [7, 11) is 1.40. The Morgan fingerprint density at radius 2 is 2.06 bits per heavy atom. The maximum atomic E-state index is 11.5. The summed E-state index contributed by atoms with van der Waals surface area (Å²) in [5.74, 6) is -0.258. The molecule has 0 amide bonds. The summed E-state index contributed by atoms with van der Waals surface area (Å²) in [6.45, 7) is 1.99. The third-order valence-corrected chi connectivity index (χ3v) is 3.66. The van der Waals surface area contributed by atoms with E-state index in [0.29, 0.717) is 0 Å². The van der Waals surface area contributed by atoms with Gasteiger partial charge in [-0.1, -0.05) is 37.3 Å². The zero-order valence-electron chi connectivity index (χ0n) is 9.21. The van der Waals surface area contributed by atoms with Crippen molar-refractivity contribution in [2.24, 2.45) is 4.99 Å². The van der Waals surface area contributed by atoms with Crippen molar-refractivity contribution >= 4 is 22.8 Å². The maximum absolute atomic E-state index is 11.5. The molecule has 0 spiro atoms. The number of hydrogen-bond donors (Lipinski definition) is 0. The van der Waals surface area contributed by atoms with E-state index in [9.17, 15) is 4.79 Å². The van der Waals surface area contributed by atoms with Crippen LogP contribution in [0.2, 0.25) is 0 Å². The van der Waals surface area contributed by atoms with Gasteiger partial charge in [-0.3, -0.25) is 4.99 Å². The smallest absolute Gasteiger partial charge is 0.331 e. The van der Waals surface area contributed by atoms with Crippen molar-refractivity contribution in [1.29, 1.82) is 0 Å². The first-order chi connectivity index (χ1) is 7.72. The highest BCUT2D eigenvalue weighted by molar-refractivity contribution is 8.15. The second-order valence-electron chi connectivity index (χ2n) is 3.59. The number of thioether (sulfide) groups is 1. The van der Waals surface area contributed by atoms with E-state index in [4.69, 9.17) is 4.74 Å². The average molecular weight is 235 g/mol. The number of benzene rings is 1.